The van der Waals surface area contributed by atoms with Crippen LogP contribution in [-0.4, -0.2) is 107 Å². The van der Waals surface area contributed by atoms with Crippen LogP contribution in [0.15, 0.2) is 4.99 Å². The molecule has 0 saturated carbocycles. The van der Waals surface area contributed by atoms with E-state index < -0.39 is 5.60 Å². The number of guanidine groups is 1. The number of nitrogens with zero attached hydrogens (tertiary/aromatic N) is 3. The first-order valence-corrected chi connectivity index (χ1v) is 9.32. The first kappa shape index (κ1) is 24.0. The van der Waals surface area contributed by atoms with Crippen molar-refractivity contribution >= 4 is 18.0 Å². The monoisotopic (exact) mass is 401 g/mol. The van der Waals surface area contributed by atoms with Gasteiger partial charge in [-0.1, -0.05) is 0 Å². The molecule has 2 N–H and O–H groups in total. The number of carbonyl (C=O) groups excluding carboxylic acids is 2. The lowest BCUT2D eigenvalue weighted by Crippen LogP contribution is -2.50. The highest BCUT2D eigenvalue weighted by Gasteiger charge is 2.37. The Bertz CT molecular complexity index is 547. The van der Waals surface area contributed by atoms with E-state index in [4.69, 9.17) is 14.2 Å². The molecule has 1 unspecified atom stereocenters. The predicted molar refractivity (Wildman–Crippen MR) is 106 cm³/mol. The zero-order valence-electron chi connectivity index (χ0n) is 18.1. The van der Waals surface area contributed by atoms with Crippen LogP contribution in [0, 0.1) is 0 Å². The van der Waals surface area contributed by atoms with Gasteiger partial charge in [-0.05, 0) is 20.8 Å². The second-order valence-corrected chi connectivity index (χ2v) is 7.78. The summed E-state index contributed by atoms with van der Waals surface area (Å²) in [5, 5.41) is 6.38. The van der Waals surface area contributed by atoms with Crippen molar-refractivity contribution < 1.29 is 23.8 Å². The molecule has 162 valence electrons. The summed E-state index contributed by atoms with van der Waals surface area (Å²) < 4.78 is 16.0. The molecule has 2 atom stereocenters. The third-order valence-corrected chi connectivity index (χ3v) is 4.01. The van der Waals surface area contributed by atoms with Gasteiger partial charge in [-0.3, -0.25) is 4.79 Å². The van der Waals surface area contributed by atoms with E-state index in [2.05, 4.69) is 15.6 Å². The molecule has 1 rings (SSSR count). The highest BCUT2D eigenvalue weighted by atomic mass is 16.6. The summed E-state index contributed by atoms with van der Waals surface area (Å²) in [5.41, 5.74) is -0.563. The standard InChI is InChI=1S/C18H35N5O5/c1-18(2,3)28-17(25)23-11-13(14(12-23)27-7)21-16(19-8-9-26-6)20-10-15(24)22(4)5/h13-14H,8-12H2,1-7H3,(H2,19,20,21)/t13?,14-/m0/s1. The third-order valence-electron chi connectivity index (χ3n) is 4.01. The van der Waals surface area contributed by atoms with Gasteiger partial charge < -0.3 is 34.6 Å². The molecule has 0 radical (unpaired) electrons. The number of methoxy groups -OCH3 is 2. The minimum atomic E-state index is -0.563. The van der Waals surface area contributed by atoms with E-state index in [-0.39, 0.29) is 30.7 Å². The average molecular weight is 402 g/mol. The minimum Gasteiger partial charge on any atom is -0.444 e. The van der Waals surface area contributed by atoms with Crippen LogP contribution in [-0.2, 0) is 19.0 Å². The molecule has 0 aromatic heterocycles. The minimum absolute atomic E-state index is 0.00939. The van der Waals surface area contributed by atoms with Gasteiger partial charge in [-0.2, -0.15) is 0 Å². The van der Waals surface area contributed by atoms with E-state index in [9.17, 15) is 9.59 Å². The number of hydrogen-bond donors (Lipinski definition) is 2. The van der Waals surface area contributed by atoms with Crippen molar-refractivity contribution in [2.75, 3.05) is 61.1 Å². The van der Waals surface area contributed by atoms with Crippen molar-refractivity contribution in [1.82, 2.24) is 20.4 Å². The third kappa shape index (κ3) is 8.30. The Hall–Kier alpha value is -2.07. The first-order chi connectivity index (χ1) is 13.1. The number of likely N-dealkylation sites (N-methyl/N-ethyl adjacent to an activating group) is 1. The van der Waals surface area contributed by atoms with Gasteiger partial charge in [0.15, 0.2) is 5.96 Å². The van der Waals surface area contributed by atoms with Crippen molar-refractivity contribution in [3.63, 3.8) is 0 Å². The summed E-state index contributed by atoms with van der Waals surface area (Å²) in [6.07, 6.45) is -0.612. The van der Waals surface area contributed by atoms with Crippen LogP contribution < -0.4 is 10.6 Å². The van der Waals surface area contributed by atoms with E-state index >= 15 is 0 Å². The molecular weight excluding hydrogens is 366 g/mol. The molecule has 10 nitrogen and oxygen atoms in total. The molecule has 2 amide bonds. The maximum Gasteiger partial charge on any atom is 0.410 e. The Kier molecular flexibility index (Phi) is 9.47. The second-order valence-electron chi connectivity index (χ2n) is 7.78. The lowest BCUT2D eigenvalue weighted by atomic mass is 10.2. The Morgan fingerprint density at radius 2 is 1.89 bits per heavy atom. The van der Waals surface area contributed by atoms with E-state index in [0.29, 0.717) is 32.2 Å². The molecule has 0 aromatic carbocycles. The number of likely N-dealkylation sites (tertiary alicyclic amines) is 1. The van der Waals surface area contributed by atoms with Crippen molar-refractivity contribution in [3.05, 3.63) is 0 Å². The zero-order chi connectivity index (χ0) is 21.3. The Morgan fingerprint density at radius 3 is 2.43 bits per heavy atom. The highest BCUT2D eigenvalue weighted by molar-refractivity contribution is 5.85. The van der Waals surface area contributed by atoms with Gasteiger partial charge in [0.05, 0.1) is 25.3 Å². The summed E-state index contributed by atoms with van der Waals surface area (Å²) in [5.74, 6) is 0.350. The maximum absolute atomic E-state index is 12.4. The summed E-state index contributed by atoms with van der Waals surface area (Å²) >= 11 is 0. The molecule has 1 saturated heterocycles. The van der Waals surface area contributed by atoms with Gasteiger partial charge in [0.25, 0.3) is 0 Å². The fraction of sp³-hybridized carbons (Fsp3) is 0.833. The molecule has 0 spiro atoms. The Balaban J connectivity index is 2.79. The van der Waals surface area contributed by atoms with Crippen molar-refractivity contribution in [2.24, 2.45) is 4.99 Å². The summed E-state index contributed by atoms with van der Waals surface area (Å²) in [4.78, 5) is 31.6. The van der Waals surface area contributed by atoms with Crippen molar-refractivity contribution in [1.29, 1.82) is 0 Å². The van der Waals surface area contributed by atoms with Crippen LogP contribution in [0.4, 0.5) is 4.79 Å². The van der Waals surface area contributed by atoms with Gasteiger partial charge in [-0.15, -0.1) is 0 Å². The Morgan fingerprint density at radius 1 is 1.21 bits per heavy atom. The normalized spacial score (nSPS) is 20.1. The van der Waals surface area contributed by atoms with E-state index in [0.717, 1.165) is 0 Å². The lowest BCUT2D eigenvalue weighted by molar-refractivity contribution is -0.127. The first-order valence-electron chi connectivity index (χ1n) is 9.32. The van der Waals surface area contributed by atoms with Crippen LogP contribution >= 0.6 is 0 Å². The average Bonchev–Trinajstić information content (AvgIpc) is 3.00. The van der Waals surface area contributed by atoms with Crippen molar-refractivity contribution in [3.8, 4) is 0 Å². The molecule has 1 aliphatic rings. The highest BCUT2D eigenvalue weighted by Crippen LogP contribution is 2.17. The van der Waals surface area contributed by atoms with Gasteiger partial charge in [0, 0.05) is 41.4 Å². The fourth-order valence-corrected chi connectivity index (χ4v) is 2.51. The van der Waals surface area contributed by atoms with E-state index in [1.165, 1.54) is 4.90 Å². The smallest absolute Gasteiger partial charge is 0.410 e. The zero-order valence-corrected chi connectivity index (χ0v) is 18.1. The molecule has 1 fully saturated rings. The van der Waals surface area contributed by atoms with E-state index in [1.54, 1.807) is 33.2 Å². The van der Waals surface area contributed by atoms with Crippen LogP contribution in [0.3, 0.4) is 0 Å². The lowest BCUT2D eigenvalue weighted by Gasteiger charge is -2.24. The largest absolute Gasteiger partial charge is 0.444 e. The van der Waals surface area contributed by atoms with E-state index in [1.807, 2.05) is 20.8 Å². The molecular formula is C18H35N5O5. The van der Waals surface area contributed by atoms with Gasteiger partial charge in [-0.25, -0.2) is 9.79 Å². The fourth-order valence-electron chi connectivity index (χ4n) is 2.51. The molecule has 1 heterocycles. The summed E-state index contributed by atoms with van der Waals surface area (Å²) in [6.45, 7) is 7.33. The van der Waals surface area contributed by atoms with Crippen LogP contribution in [0.5, 0.6) is 0 Å². The van der Waals surface area contributed by atoms with Crippen LogP contribution in [0.25, 0.3) is 0 Å². The topological polar surface area (TPSA) is 105 Å². The summed E-state index contributed by atoms with van der Waals surface area (Å²) in [7, 11) is 6.57. The quantitative estimate of drug-likeness (QED) is 0.348. The number of ether oxygens (including phenoxy) is 3. The molecule has 0 aliphatic carbocycles. The summed E-state index contributed by atoms with van der Waals surface area (Å²) in [6, 6.07) is -0.194. The number of aliphatic imine (C=N–C) groups is 1. The SMILES string of the molecule is COCCNC(=NCC(=O)N(C)C)NC1CN(C(=O)OC(C)(C)C)C[C@@H]1OC. The van der Waals surface area contributed by atoms with Crippen LogP contribution in [0.2, 0.25) is 0 Å². The van der Waals surface area contributed by atoms with Crippen LogP contribution in [0.1, 0.15) is 20.8 Å². The maximum atomic E-state index is 12.4. The van der Waals surface area contributed by atoms with Gasteiger partial charge in [0.2, 0.25) is 5.91 Å². The number of amides is 2. The molecule has 28 heavy (non-hydrogen) atoms. The second kappa shape index (κ2) is 11.1. The van der Waals surface area contributed by atoms with Crippen molar-refractivity contribution in [2.45, 2.75) is 38.5 Å². The molecule has 0 bridgehead atoms. The molecule has 0 aromatic rings. The predicted octanol–water partition coefficient (Wildman–Crippen LogP) is -0.109. The van der Waals surface area contributed by atoms with Gasteiger partial charge >= 0.3 is 6.09 Å². The number of rotatable bonds is 7. The number of hydrogen-bond acceptors (Lipinski definition) is 6. The Labute approximate surface area is 167 Å². The van der Waals surface area contributed by atoms with Gasteiger partial charge in [0.1, 0.15) is 12.1 Å². The molecule has 1 aliphatic heterocycles. The number of nitrogens with one attached hydrogen (secondary N) is 2. The molecule has 10 heteroatoms. The number of carbonyl (C=O) groups is 2.